The van der Waals surface area contributed by atoms with Crippen LogP contribution in [0.15, 0.2) is 30.3 Å². The van der Waals surface area contributed by atoms with E-state index < -0.39 is 0 Å². The quantitative estimate of drug-likeness (QED) is 0.908. The van der Waals surface area contributed by atoms with Crippen LogP contribution in [0.3, 0.4) is 0 Å². The van der Waals surface area contributed by atoms with E-state index in [1.165, 1.54) is 0 Å². The third-order valence-electron chi connectivity index (χ3n) is 2.84. The largest absolute Gasteiger partial charge is 0.496 e. The molecule has 0 bridgehead atoms. The molecule has 1 aromatic carbocycles. The maximum atomic E-state index is 5.82. The minimum absolute atomic E-state index is 0.365. The van der Waals surface area contributed by atoms with Crippen molar-refractivity contribution >= 4 is 0 Å². The average Bonchev–Trinajstić information content (AvgIpc) is 2.47. The molecule has 106 valence electrons. The molecule has 2 rings (SSSR count). The van der Waals surface area contributed by atoms with Crippen LogP contribution in [0.1, 0.15) is 11.3 Å². The van der Waals surface area contributed by atoms with Crippen LogP contribution in [0.5, 0.6) is 23.1 Å². The summed E-state index contributed by atoms with van der Waals surface area (Å²) in [6.07, 6.45) is 0. The second-order valence-corrected chi connectivity index (χ2v) is 4.27. The Labute approximate surface area is 118 Å². The van der Waals surface area contributed by atoms with Gasteiger partial charge in [-0.05, 0) is 13.0 Å². The molecule has 0 amide bonds. The van der Waals surface area contributed by atoms with Gasteiger partial charge in [0.25, 0.3) is 0 Å². The number of hydrogen-bond acceptors (Lipinski definition) is 5. The molecule has 5 heteroatoms. The second-order valence-electron chi connectivity index (χ2n) is 4.27. The fraction of sp³-hybridized carbons (Fsp3) is 0.267. The van der Waals surface area contributed by atoms with Gasteiger partial charge in [-0.1, -0.05) is 6.07 Å². The van der Waals surface area contributed by atoms with Gasteiger partial charge >= 0.3 is 0 Å². The fourth-order valence-corrected chi connectivity index (χ4v) is 1.76. The predicted molar refractivity (Wildman–Crippen MR) is 76.5 cm³/mol. The van der Waals surface area contributed by atoms with Gasteiger partial charge in [-0.2, -0.15) is 0 Å². The number of nitrogens with zero attached hydrogens (tertiary/aromatic N) is 1. The number of aryl methyl sites for hydroxylation is 1. The number of nitrogens with two attached hydrogens (primary N) is 1. The molecular formula is C15H18N2O3. The summed E-state index contributed by atoms with van der Waals surface area (Å²) in [4.78, 5) is 4.37. The molecule has 2 N–H and O–H groups in total. The predicted octanol–water partition coefficient (Wildman–Crippen LogP) is 2.66. The molecule has 0 saturated heterocycles. The van der Waals surface area contributed by atoms with E-state index in [4.69, 9.17) is 19.9 Å². The highest BCUT2D eigenvalue weighted by atomic mass is 16.5. The molecule has 0 aliphatic carbocycles. The monoisotopic (exact) mass is 274 g/mol. The summed E-state index contributed by atoms with van der Waals surface area (Å²) in [7, 11) is 3.18. The topological polar surface area (TPSA) is 66.6 Å². The zero-order valence-electron chi connectivity index (χ0n) is 11.8. The van der Waals surface area contributed by atoms with E-state index in [0.717, 1.165) is 11.3 Å². The van der Waals surface area contributed by atoms with Crippen molar-refractivity contribution in [3.05, 3.63) is 41.6 Å². The molecule has 0 fully saturated rings. The molecule has 0 aliphatic rings. The first-order valence-corrected chi connectivity index (χ1v) is 6.23. The van der Waals surface area contributed by atoms with Crippen LogP contribution in [0, 0.1) is 6.92 Å². The van der Waals surface area contributed by atoms with E-state index >= 15 is 0 Å². The minimum Gasteiger partial charge on any atom is -0.496 e. The number of aromatic nitrogens is 1. The lowest BCUT2D eigenvalue weighted by molar-refractivity contribution is 0.384. The molecule has 0 aliphatic heterocycles. The molecule has 0 radical (unpaired) electrons. The average molecular weight is 274 g/mol. The SMILES string of the molecule is COc1cc(OC)cc(Oc2nc(C)ccc2CN)c1. The van der Waals surface area contributed by atoms with Gasteiger partial charge in [0.15, 0.2) is 0 Å². The standard InChI is InChI=1S/C15H18N2O3/c1-10-4-5-11(9-16)15(17-10)20-14-7-12(18-2)6-13(8-14)19-3/h4-8H,9,16H2,1-3H3. The Balaban J connectivity index is 2.36. The Morgan fingerprint density at radius 2 is 1.60 bits per heavy atom. The Hall–Kier alpha value is -2.27. The van der Waals surface area contributed by atoms with Gasteiger partial charge in [0, 0.05) is 36.0 Å². The molecule has 1 heterocycles. The van der Waals surface area contributed by atoms with Crippen LogP contribution >= 0.6 is 0 Å². The van der Waals surface area contributed by atoms with Crippen LogP contribution in [0.4, 0.5) is 0 Å². The lowest BCUT2D eigenvalue weighted by Crippen LogP contribution is -2.02. The lowest BCUT2D eigenvalue weighted by Gasteiger charge is -2.12. The lowest BCUT2D eigenvalue weighted by atomic mass is 10.2. The Bertz CT molecular complexity index is 577. The van der Waals surface area contributed by atoms with Crippen LogP contribution in [-0.2, 0) is 6.54 Å². The van der Waals surface area contributed by atoms with Gasteiger partial charge < -0.3 is 19.9 Å². The summed E-state index contributed by atoms with van der Waals surface area (Å²) in [5.74, 6) is 2.40. The first kappa shape index (κ1) is 14.1. The van der Waals surface area contributed by atoms with Crippen LogP contribution in [0.25, 0.3) is 0 Å². The zero-order chi connectivity index (χ0) is 14.5. The molecule has 0 atom stereocenters. The molecular weight excluding hydrogens is 256 g/mol. The van der Waals surface area contributed by atoms with Crippen molar-refractivity contribution in [1.29, 1.82) is 0 Å². The van der Waals surface area contributed by atoms with Gasteiger partial charge in [0.05, 0.1) is 14.2 Å². The molecule has 5 nitrogen and oxygen atoms in total. The summed E-state index contributed by atoms with van der Waals surface area (Å²) in [5, 5.41) is 0. The van der Waals surface area contributed by atoms with E-state index in [0.29, 0.717) is 29.7 Å². The molecule has 2 aromatic rings. The summed E-state index contributed by atoms with van der Waals surface area (Å²) < 4.78 is 16.2. The Morgan fingerprint density at radius 3 is 2.15 bits per heavy atom. The normalized spacial score (nSPS) is 10.2. The number of methoxy groups -OCH3 is 2. The first-order valence-electron chi connectivity index (χ1n) is 6.23. The molecule has 0 spiro atoms. The van der Waals surface area contributed by atoms with E-state index in [-0.39, 0.29) is 0 Å². The number of benzene rings is 1. The second kappa shape index (κ2) is 6.25. The van der Waals surface area contributed by atoms with Crippen molar-refractivity contribution < 1.29 is 14.2 Å². The summed E-state index contributed by atoms with van der Waals surface area (Å²) in [5.41, 5.74) is 7.41. The van der Waals surface area contributed by atoms with E-state index in [1.807, 2.05) is 19.1 Å². The maximum absolute atomic E-state index is 5.82. The Morgan fingerprint density at radius 1 is 1.00 bits per heavy atom. The van der Waals surface area contributed by atoms with E-state index in [1.54, 1.807) is 32.4 Å². The summed E-state index contributed by atoms with van der Waals surface area (Å²) >= 11 is 0. The minimum atomic E-state index is 0.365. The molecule has 0 saturated carbocycles. The van der Waals surface area contributed by atoms with E-state index in [9.17, 15) is 0 Å². The van der Waals surface area contributed by atoms with Crippen molar-refractivity contribution in [2.24, 2.45) is 5.73 Å². The number of pyridine rings is 1. The van der Waals surface area contributed by atoms with Gasteiger partial charge in [-0.25, -0.2) is 4.98 Å². The summed E-state index contributed by atoms with van der Waals surface area (Å²) in [6, 6.07) is 9.14. The summed E-state index contributed by atoms with van der Waals surface area (Å²) in [6.45, 7) is 2.27. The highest BCUT2D eigenvalue weighted by molar-refractivity contribution is 5.44. The molecule has 0 unspecified atom stereocenters. The third-order valence-corrected chi connectivity index (χ3v) is 2.84. The smallest absolute Gasteiger partial charge is 0.223 e. The van der Waals surface area contributed by atoms with Gasteiger partial charge in [-0.15, -0.1) is 0 Å². The van der Waals surface area contributed by atoms with Crippen molar-refractivity contribution in [3.63, 3.8) is 0 Å². The fourth-order valence-electron chi connectivity index (χ4n) is 1.76. The number of hydrogen-bond donors (Lipinski definition) is 1. The maximum Gasteiger partial charge on any atom is 0.223 e. The Kier molecular flexibility index (Phi) is 4.42. The third kappa shape index (κ3) is 3.19. The van der Waals surface area contributed by atoms with Gasteiger partial charge in [0.1, 0.15) is 17.2 Å². The number of ether oxygens (including phenoxy) is 3. The van der Waals surface area contributed by atoms with Crippen molar-refractivity contribution in [1.82, 2.24) is 4.98 Å². The van der Waals surface area contributed by atoms with Crippen molar-refractivity contribution in [2.75, 3.05) is 14.2 Å². The van der Waals surface area contributed by atoms with Gasteiger partial charge in [0.2, 0.25) is 5.88 Å². The molecule has 20 heavy (non-hydrogen) atoms. The van der Waals surface area contributed by atoms with Gasteiger partial charge in [-0.3, -0.25) is 0 Å². The first-order chi connectivity index (χ1) is 9.66. The highest BCUT2D eigenvalue weighted by Crippen LogP contribution is 2.31. The van der Waals surface area contributed by atoms with Crippen LogP contribution in [0.2, 0.25) is 0 Å². The highest BCUT2D eigenvalue weighted by Gasteiger charge is 2.09. The van der Waals surface area contributed by atoms with Crippen molar-refractivity contribution in [3.8, 4) is 23.1 Å². The van der Waals surface area contributed by atoms with Crippen LogP contribution < -0.4 is 19.9 Å². The number of rotatable bonds is 5. The molecule has 1 aromatic heterocycles. The van der Waals surface area contributed by atoms with Crippen molar-refractivity contribution in [2.45, 2.75) is 13.5 Å². The van der Waals surface area contributed by atoms with E-state index in [2.05, 4.69) is 4.98 Å². The van der Waals surface area contributed by atoms with Crippen LogP contribution in [-0.4, -0.2) is 19.2 Å². The zero-order valence-corrected chi connectivity index (χ0v) is 11.8.